The van der Waals surface area contributed by atoms with Gasteiger partial charge in [-0.25, -0.2) is 8.42 Å². The standard InChI is InChI=1S/C9H16N4O3S2/c1-9(2,18(3,15)16)4-12-8-5(7(11)14)6(10)13-17-8/h12H,4H2,1-3H3,(H2,10,13)(H2,11,14). The Kier molecular flexibility index (Phi) is 3.86. The molecule has 0 saturated heterocycles. The SMILES string of the molecule is CC(C)(CNc1snc(N)c1C(N)=O)S(C)(=O)=O. The highest BCUT2D eigenvalue weighted by Crippen LogP contribution is 2.27. The molecule has 0 fully saturated rings. The van der Waals surface area contributed by atoms with Gasteiger partial charge < -0.3 is 16.8 Å². The summed E-state index contributed by atoms with van der Waals surface area (Å²) in [4.78, 5) is 11.2. The van der Waals surface area contributed by atoms with Gasteiger partial charge in [0.25, 0.3) is 5.91 Å². The van der Waals surface area contributed by atoms with E-state index in [2.05, 4.69) is 9.69 Å². The lowest BCUT2D eigenvalue weighted by molar-refractivity contribution is 0.100. The van der Waals surface area contributed by atoms with Crippen molar-refractivity contribution in [3.63, 3.8) is 0 Å². The van der Waals surface area contributed by atoms with E-state index in [-0.39, 0.29) is 17.9 Å². The van der Waals surface area contributed by atoms with E-state index in [4.69, 9.17) is 11.5 Å². The molecular formula is C9H16N4O3S2. The summed E-state index contributed by atoms with van der Waals surface area (Å²) in [6.07, 6.45) is 1.16. The summed E-state index contributed by atoms with van der Waals surface area (Å²) in [5.74, 6) is -0.645. The number of nitrogens with one attached hydrogen (secondary N) is 1. The number of nitrogen functional groups attached to an aromatic ring is 1. The number of nitrogens with zero attached hydrogens (tertiary/aromatic N) is 1. The van der Waals surface area contributed by atoms with Gasteiger partial charge in [0.2, 0.25) is 0 Å². The molecule has 0 saturated carbocycles. The first-order valence-corrected chi connectivity index (χ1v) is 7.71. The van der Waals surface area contributed by atoms with Gasteiger partial charge in [0.05, 0.1) is 4.75 Å². The Labute approximate surface area is 110 Å². The van der Waals surface area contributed by atoms with E-state index in [1.165, 1.54) is 0 Å². The maximum absolute atomic E-state index is 11.5. The third kappa shape index (κ3) is 2.91. The average molecular weight is 292 g/mol. The van der Waals surface area contributed by atoms with Gasteiger partial charge in [-0.1, -0.05) is 0 Å². The molecule has 9 heteroatoms. The first-order chi connectivity index (χ1) is 8.06. The van der Waals surface area contributed by atoms with Crippen LogP contribution in [0.2, 0.25) is 0 Å². The zero-order valence-corrected chi connectivity index (χ0v) is 12.0. The van der Waals surface area contributed by atoms with E-state index in [1.54, 1.807) is 13.8 Å². The Balaban J connectivity index is 2.92. The zero-order valence-electron chi connectivity index (χ0n) is 10.4. The third-order valence-electron chi connectivity index (χ3n) is 2.64. The zero-order chi connectivity index (χ0) is 14.1. The maximum atomic E-state index is 11.5. The molecule has 18 heavy (non-hydrogen) atoms. The Morgan fingerprint density at radius 1 is 1.50 bits per heavy atom. The monoisotopic (exact) mass is 292 g/mol. The van der Waals surface area contributed by atoms with Crippen LogP contribution in [-0.4, -0.2) is 36.2 Å². The lowest BCUT2D eigenvalue weighted by Crippen LogP contribution is -2.38. The van der Waals surface area contributed by atoms with E-state index in [0.29, 0.717) is 5.00 Å². The maximum Gasteiger partial charge on any atom is 0.255 e. The fourth-order valence-corrected chi connectivity index (χ4v) is 2.13. The summed E-state index contributed by atoms with van der Waals surface area (Å²) in [5, 5.41) is 3.24. The van der Waals surface area contributed by atoms with Gasteiger partial charge in [0.1, 0.15) is 10.6 Å². The Morgan fingerprint density at radius 3 is 2.50 bits per heavy atom. The van der Waals surface area contributed by atoms with Crippen LogP contribution < -0.4 is 16.8 Å². The lowest BCUT2D eigenvalue weighted by Gasteiger charge is -2.22. The molecule has 0 unspecified atom stereocenters. The highest BCUT2D eigenvalue weighted by Gasteiger charge is 2.30. The van der Waals surface area contributed by atoms with Gasteiger partial charge in [-0.3, -0.25) is 4.79 Å². The van der Waals surface area contributed by atoms with Crippen molar-refractivity contribution in [2.75, 3.05) is 23.9 Å². The van der Waals surface area contributed by atoms with Crippen LogP contribution in [0.15, 0.2) is 0 Å². The average Bonchev–Trinajstić information content (AvgIpc) is 2.55. The second kappa shape index (κ2) is 4.73. The van der Waals surface area contributed by atoms with Crippen LogP contribution in [0.3, 0.4) is 0 Å². The van der Waals surface area contributed by atoms with Gasteiger partial charge in [0, 0.05) is 12.8 Å². The molecule has 5 N–H and O–H groups in total. The summed E-state index contributed by atoms with van der Waals surface area (Å²) in [7, 11) is -3.22. The van der Waals surface area contributed by atoms with Crippen LogP contribution in [0.5, 0.6) is 0 Å². The first-order valence-electron chi connectivity index (χ1n) is 5.04. The van der Waals surface area contributed by atoms with Crippen molar-refractivity contribution in [1.82, 2.24) is 4.37 Å². The van der Waals surface area contributed by atoms with Gasteiger partial charge >= 0.3 is 0 Å². The molecule has 1 aromatic heterocycles. The molecule has 0 aliphatic rings. The van der Waals surface area contributed by atoms with E-state index in [0.717, 1.165) is 17.8 Å². The van der Waals surface area contributed by atoms with Crippen molar-refractivity contribution >= 4 is 38.1 Å². The van der Waals surface area contributed by atoms with Crippen molar-refractivity contribution in [2.24, 2.45) is 5.73 Å². The smallest absolute Gasteiger partial charge is 0.255 e. The third-order valence-corrected chi connectivity index (χ3v) is 5.61. The number of rotatable bonds is 5. The molecule has 0 atom stereocenters. The second-order valence-corrected chi connectivity index (χ2v) is 7.94. The summed E-state index contributed by atoms with van der Waals surface area (Å²) in [6.45, 7) is 3.31. The van der Waals surface area contributed by atoms with Crippen LogP contribution in [0.1, 0.15) is 24.2 Å². The number of aromatic nitrogens is 1. The minimum atomic E-state index is -3.22. The number of primary amides is 1. The molecule has 0 aliphatic heterocycles. The van der Waals surface area contributed by atoms with Gasteiger partial charge in [-0.15, -0.1) is 0 Å². The summed E-state index contributed by atoms with van der Waals surface area (Å²) >= 11 is 0.974. The van der Waals surface area contributed by atoms with Crippen LogP contribution in [0.25, 0.3) is 0 Å². The van der Waals surface area contributed by atoms with Crippen LogP contribution in [0.4, 0.5) is 10.8 Å². The van der Waals surface area contributed by atoms with Crippen molar-refractivity contribution in [3.05, 3.63) is 5.56 Å². The minimum Gasteiger partial charge on any atom is -0.382 e. The molecule has 0 aromatic carbocycles. The summed E-state index contributed by atoms with van der Waals surface area (Å²) < 4.78 is 25.9. The number of nitrogens with two attached hydrogens (primary N) is 2. The number of sulfone groups is 1. The Hall–Kier alpha value is -1.35. The molecular weight excluding hydrogens is 276 g/mol. The first kappa shape index (κ1) is 14.7. The highest BCUT2D eigenvalue weighted by molar-refractivity contribution is 7.92. The Bertz CT molecular complexity index is 562. The normalized spacial score (nSPS) is 12.4. The molecule has 0 radical (unpaired) electrons. The van der Waals surface area contributed by atoms with Gasteiger partial charge in [-0.05, 0) is 25.4 Å². The Morgan fingerprint density at radius 2 is 2.06 bits per heavy atom. The van der Waals surface area contributed by atoms with Crippen molar-refractivity contribution in [3.8, 4) is 0 Å². The predicted octanol–water partition coefficient (Wildman–Crippen LogP) is 0.0593. The molecule has 102 valence electrons. The van der Waals surface area contributed by atoms with Crippen molar-refractivity contribution in [2.45, 2.75) is 18.6 Å². The number of carbonyl (C=O) groups is 1. The number of carbonyl (C=O) groups excluding carboxylic acids is 1. The van der Waals surface area contributed by atoms with E-state index < -0.39 is 20.5 Å². The molecule has 0 bridgehead atoms. The number of hydrogen-bond donors (Lipinski definition) is 3. The van der Waals surface area contributed by atoms with Crippen molar-refractivity contribution in [1.29, 1.82) is 0 Å². The van der Waals surface area contributed by atoms with E-state index in [1.807, 2.05) is 0 Å². The van der Waals surface area contributed by atoms with E-state index in [9.17, 15) is 13.2 Å². The fourth-order valence-electron chi connectivity index (χ4n) is 1.09. The highest BCUT2D eigenvalue weighted by atomic mass is 32.2. The predicted molar refractivity (Wildman–Crippen MR) is 72.5 cm³/mol. The topological polar surface area (TPSA) is 128 Å². The number of amides is 1. The summed E-state index contributed by atoms with van der Waals surface area (Å²) in [6, 6.07) is 0. The van der Waals surface area contributed by atoms with E-state index >= 15 is 0 Å². The summed E-state index contributed by atoms with van der Waals surface area (Å²) in [5.41, 5.74) is 10.8. The van der Waals surface area contributed by atoms with Crippen LogP contribution in [0, 0.1) is 0 Å². The molecule has 1 aromatic rings. The molecule has 1 rings (SSSR count). The number of anilines is 2. The number of hydrogen-bond acceptors (Lipinski definition) is 7. The molecule has 1 amide bonds. The van der Waals surface area contributed by atoms with Gasteiger partial charge in [0.15, 0.2) is 15.7 Å². The molecule has 0 aliphatic carbocycles. The molecule has 0 spiro atoms. The molecule has 1 heterocycles. The largest absolute Gasteiger partial charge is 0.382 e. The van der Waals surface area contributed by atoms with Crippen molar-refractivity contribution < 1.29 is 13.2 Å². The van der Waals surface area contributed by atoms with Crippen LogP contribution in [-0.2, 0) is 9.84 Å². The fraction of sp³-hybridized carbons (Fsp3) is 0.556. The second-order valence-electron chi connectivity index (χ2n) is 4.52. The lowest BCUT2D eigenvalue weighted by atomic mass is 10.2. The molecule has 7 nitrogen and oxygen atoms in total. The van der Waals surface area contributed by atoms with Gasteiger partial charge in [-0.2, -0.15) is 4.37 Å². The minimum absolute atomic E-state index is 0.0483. The van der Waals surface area contributed by atoms with Crippen LogP contribution >= 0.6 is 11.5 Å². The quantitative estimate of drug-likeness (QED) is 0.704.